The second-order valence-electron chi connectivity index (χ2n) is 9.13. The normalized spacial score (nSPS) is 16.1. The number of hydrogen-bond acceptors (Lipinski definition) is 6. The quantitative estimate of drug-likeness (QED) is 0.428. The summed E-state index contributed by atoms with van der Waals surface area (Å²) < 4.78 is 15.8. The SMILES string of the molecule is C1CCOCC1.Cn1cc(-c2ccccc2)nc1CCn1nc2cccc(N3CCOCC3)n2c1=O. The zero-order valence-corrected chi connectivity index (χ0v) is 20.9. The molecule has 0 radical (unpaired) electrons. The molecule has 0 aliphatic carbocycles. The molecule has 2 saturated heterocycles. The second kappa shape index (κ2) is 11.5. The minimum absolute atomic E-state index is 0.121. The highest BCUT2D eigenvalue weighted by Gasteiger charge is 2.18. The van der Waals surface area contributed by atoms with E-state index < -0.39 is 0 Å². The van der Waals surface area contributed by atoms with Crippen LogP contribution in [-0.4, -0.2) is 63.2 Å². The lowest BCUT2D eigenvalue weighted by molar-refractivity contribution is 0.0968. The Morgan fingerprint density at radius 3 is 2.33 bits per heavy atom. The number of aryl methyl sites for hydroxylation is 3. The van der Waals surface area contributed by atoms with Gasteiger partial charge in [-0.05, 0) is 31.4 Å². The number of rotatable bonds is 5. The van der Waals surface area contributed by atoms with Crippen molar-refractivity contribution in [2.45, 2.75) is 32.2 Å². The molecule has 0 amide bonds. The molecule has 9 heteroatoms. The second-order valence-corrected chi connectivity index (χ2v) is 9.13. The van der Waals surface area contributed by atoms with E-state index in [1.807, 2.05) is 66.3 Å². The van der Waals surface area contributed by atoms with Gasteiger partial charge in [0, 0.05) is 51.5 Å². The molecule has 9 nitrogen and oxygen atoms in total. The zero-order chi connectivity index (χ0) is 24.7. The monoisotopic (exact) mass is 490 g/mol. The van der Waals surface area contributed by atoms with E-state index in [1.165, 1.54) is 23.9 Å². The van der Waals surface area contributed by atoms with Gasteiger partial charge in [-0.3, -0.25) is 0 Å². The first-order valence-corrected chi connectivity index (χ1v) is 12.8. The fourth-order valence-corrected chi connectivity index (χ4v) is 4.61. The maximum Gasteiger partial charge on any atom is 0.352 e. The van der Waals surface area contributed by atoms with E-state index in [2.05, 4.69) is 10.00 Å². The van der Waals surface area contributed by atoms with Gasteiger partial charge in [-0.1, -0.05) is 36.4 Å². The molecule has 3 aromatic heterocycles. The lowest BCUT2D eigenvalue weighted by Crippen LogP contribution is -2.38. The number of morpholine rings is 1. The molecule has 190 valence electrons. The third-order valence-corrected chi connectivity index (χ3v) is 6.59. The number of anilines is 1. The Balaban J connectivity index is 0.000000391. The Morgan fingerprint density at radius 2 is 1.64 bits per heavy atom. The maximum atomic E-state index is 13.1. The summed E-state index contributed by atoms with van der Waals surface area (Å²) in [6.07, 6.45) is 6.58. The van der Waals surface area contributed by atoms with E-state index in [9.17, 15) is 4.79 Å². The third-order valence-electron chi connectivity index (χ3n) is 6.59. The highest BCUT2D eigenvalue weighted by atomic mass is 16.5. The molecule has 0 atom stereocenters. The summed E-state index contributed by atoms with van der Waals surface area (Å²) in [6.45, 7) is 5.35. The van der Waals surface area contributed by atoms with Crippen LogP contribution in [0.4, 0.5) is 5.82 Å². The molecule has 2 aliphatic heterocycles. The lowest BCUT2D eigenvalue weighted by Gasteiger charge is -2.28. The fraction of sp³-hybridized carbons (Fsp3) is 0.444. The van der Waals surface area contributed by atoms with Gasteiger partial charge < -0.3 is 18.9 Å². The van der Waals surface area contributed by atoms with Crippen molar-refractivity contribution in [3.8, 4) is 11.3 Å². The first-order chi connectivity index (χ1) is 17.7. The van der Waals surface area contributed by atoms with E-state index in [0.717, 1.165) is 49.2 Å². The average Bonchev–Trinajstić information content (AvgIpc) is 3.48. The molecular formula is C27H34N6O3. The van der Waals surface area contributed by atoms with Gasteiger partial charge in [0.15, 0.2) is 5.65 Å². The minimum Gasteiger partial charge on any atom is -0.381 e. The van der Waals surface area contributed by atoms with Gasteiger partial charge in [0.1, 0.15) is 11.6 Å². The van der Waals surface area contributed by atoms with Crippen LogP contribution in [0, 0.1) is 0 Å². The Labute approximate surface area is 210 Å². The molecule has 0 N–H and O–H groups in total. The summed E-state index contributed by atoms with van der Waals surface area (Å²) in [5.74, 6) is 1.79. The minimum atomic E-state index is -0.121. The zero-order valence-electron chi connectivity index (χ0n) is 20.9. The molecule has 0 unspecified atom stereocenters. The van der Waals surface area contributed by atoms with Gasteiger partial charge in [0.2, 0.25) is 0 Å². The standard InChI is InChI=1S/C22H24N6O2.C5H10O/c1-25-16-18(17-6-3-2-4-7-17)23-19(25)10-11-27-22(29)28-20(24-27)8-5-9-21(28)26-12-14-30-15-13-26;1-2-4-6-5-3-1/h2-9,16H,10-15H2,1H3;1-5H2. The van der Waals surface area contributed by atoms with Crippen LogP contribution in [0.2, 0.25) is 0 Å². The number of benzene rings is 1. The molecule has 36 heavy (non-hydrogen) atoms. The summed E-state index contributed by atoms with van der Waals surface area (Å²) in [6, 6.07) is 15.9. The fourth-order valence-electron chi connectivity index (χ4n) is 4.61. The first kappa shape index (κ1) is 24.3. The summed E-state index contributed by atoms with van der Waals surface area (Å²) in [7, 11) is 1.98. The number of ether oxygens (including phenoxy) is 2. The molecule has 0 saturated carbocycles. The highest BCUT2D eigenvalue weighted by molar-refractivity contribution is 5.58. The largest absolute Gasteiger partial charge is 0.381 e. The molecule has 2 fully saturated rings. The smallest absolute Gasteiger partial charge is 0.352 e. The van der Waals surface area contributed by atoms with Crippen LogP contribution in [0.3, 0.4) is 0 Å². The predicted molar refractivity (Wildman–Crippen MR) is 140 cm³/mol. The van der Waals surface area contributed by atoms with Crippen molar-refractivity contribution in [1.82, 2.24) is 23.7 Å². The summed E-state index contributed by atoms with van der Waals surface area (Å²) >= 11 is 0. The Morgan fingerprint density at radius 1 is 0.889 bits per heavy atom. The van der Waals surface area contributed by atoms with Crippen molar-refractivity contribution in [2.75, 3.05) is 44.4 Å². The number of fused-ring (bicyclic) bond motifs is 1. The van der Waals surface area contributed by atoms with Crippen LogP contribution in [-0.2, 0) is 29.5 Å². The number of pyridine rings is 1. The number of nitrogens with zero attached hydrogens (tertiary/aromatic N) is 6. The van der Waals surface area contributed by atoms with Gasteiger partial charge >= 0.3 is 5.69 Å². The molecule has 5 heterocycles. The predicted octanol–water partition coefficient (Wildman–Crippen LogP) is 3.16. The van der Waals surface area contributed by atoms with Gasteiger partial charge in [-0.15, -0.1) is 5.10 Å². The van der Waals surface area contributed by atoms with Crippen LogP contribution in [0.15, 0.2) is 59.5 Å². The van der Waals surface area contributed by atoms with Gasteiger partial charge in [-0.25, -0.2) is 18.9 Å². The van der Waals surface area contributed by atoms with E-state index in [4.69, 9.17) is 14.5 Å². The Bertz CT molecular complexity index is 1310. The molecule has 0 bridgehead atoms. The van der Waals surface area contributed by atoms with Crippen molar-refractivity contribution in [3.63, 3.8) is 0 Å². The van der Waals surface area contributed by atoms with Crippen molar-refractivity contribution < 1.29 is 9.47 Å². The average molecular weight is 491 g/mol. The van der Waals surface area contributed by atoms with Crippen LogP contribution in [0.25, 0.3) is 16.9 Å². The van der Waals surface area contributed by atoms with Crippen LogP contribution in [0.5, 0.6) is 0 Å². The molecule has 1 aromatic carbocycles. The van der Waals surface area contributed by atoms with Crippen LogP contribution >= 0.6 is 0 Å². The van der Waals surface area contributed by atoms with Crippen LogP contribution < -0.4 is 10.6 Å². The molecule has 2 aliphatic rings. The van der Waals surface area contributed by atoms with E-state index in [-0.39, 0.29) is 5.69 Å². The summed E-state index contributed by atoms with van der Waals surface area (Å²) in [4.78, 5) is 20.0. The molecule has 0 spiro atoms. The van der Waals surface area contributed by atoms with Gasteiger partial charge in [0.05, 0.1) is 25.5 Å². The Kier molecular flexibility index (Phi) is 7.78. The lowest BCUT2D eigenvalue weighted by atomic mass is 10.2. The number of imidazole rings is 1. The third kappa shape index (κ3) is 5.52. The highest BCUT2D eigenvalue weighted by Crippen LogP contribution is 2.19. The van der Waals surface area contributed by atoms with Crippen LogP contribution in [0.1, 0.15) is 25.1 Å². The molecule has 6 rings (SSSR count). The van der Waals surface area contributed by atoms with Crippen molar-refractivity contribution in [2.24, 2.45) is 7.05 Å². The molecular weight excluding hydrogens is 456 g/mol. The summed E-state index contributed by atoms with van der Waals surface area (Å²) in [5, 5.41) is 4.55. The van der Waals surface area contributed by atoms with Crippen molar-refractivity contribution in [1.29, 1.82) is 0 Å². The first-order valence-electron chi connectivity index (χ1n) is 12.8. The number of aromatic nitrogens is 5. The van der Waals surface area contributed by atoms with Gasteiger partial charge in [0.25, 0.3) is 0 Å². The van der Waals surface area contributed by atoms with Gasteiger partial charge in [-0.2, -0.15) is 0 Å². The summed E-state index contributed by atoms with van der Waals surface area (Å²) in [5.41, 5.74) is 2.56. The topological polar surface area (TPSA) is 78.8 Å². The Hall–Kier alpha value is -3.43. The number of hydrogen-bond donors (Lipinski definition) is 0. The maximum absolute atomic E-state index is 13.1. The molecule has 4 aromatic rings. The van der Waals surface area contributed by atoms with E-state index in [1.54, 1.807) is 4.40 Å². The van der Waals surface area contributed by atoms with E-state index >= 15 is 0 Å². The van der Waals surface area contributed by atoms with E-state index in [0.29, 0.717) is 31.8 Å². The van der Waals surface area contributed by atoms with Crippen molar-refractivity contribution in [3.05, 3.63) is 71.0 Å². The van der Waals surface area contributed by atoms with Crippen molar-refractivity contribution >= 4 is 11.5 Å².